The second-order valence-corrected chi connectivity index (χ2v) is 9.02. The van der Waals surface area contributed by atoms with Crippen LogP contribution in [0.5, 0.6) is 0 Å². The predicted molar refractivity (Wildman–Crippen MR) is 131 cm³/mol. The van der Waals surface area contributed by atoms with Crippen molar-refractivity contribution in [2.24, 2.45) is 7.05 Å². The standard InChI is InChI=1S/C25H26N8O/c1-31-16-22(29-30-31)17-2-3-19-15-27-23(13-20(19)12-17)28-25(34)18-6-7-26-24(14-18)33-10-8-32(9-11-33)21-4-5-21/h2-3,6-7,12-16,21H,4-5,8-11H2,1H3,(H,27,28,34). The lowest BCUT2D eigenvalue weighted by Gasteiger charge is -2.35. The molecule has 1 N–H and O–H groups in total. The number of carbonyl (C=O) groups is 1. The van der Waals surface area contributed by atoms with Crippen molar-refractivity contribution in [3.05, 3.63) is 60.6 Å². The van der Waals surface area contributed by atoms with Gasteiger partial charge in [0, 0.05) is 68.2 Å². The number of anilines is 2. The van der Waals surface area contributed by atoms with Crippen molar-refractivity contribution in [3.8, 4) is 11.3 Å². The highest BCUT2D eigenvalue weighted by Crippen LogP contribution is 2.28. The minimum absolute atomic E-state index is 0.197. The second kappa shape index (κ2) is 8.49. The Kier molecular flexibility index (Phi) is 5.18. The Morgan fingerprint density at radius 2 is 1.85 bits per heavy atom. The molecule has 0 unspecified atom stereocenters. The second-order valence-electron chi connectivity index (χ2n) is 9.02. The van der Waals surface area contributed by atoms with Crippen molar-refractivity contribution in [3.63, 3.8) is 0 Å². The third kappa shape index (κ3) is 4.22. The number of hydrogen-bond donors (Lipinski definition) is 1. The van der Waals surface area contributed by atoms with E-state index in [2.05, 4.69) is 35.4 Å². The van der Waals surface area contributed by atoms with Gasteiger partial charge in [0.25, 0.3) is 5.91 Å². The Bertz CT molecular complexity index is 1350. The molecule has 1 aliphatic heterocycles. The molecule has 1 saturated carbocycles. The highest BCUT2D eigenvalue weighted by Gasteiger charge is 2.31. The summed E-state index contributed by atoms with van der Waals surface area (Å²) in [7, 11) is 1.84. The van der Waals surface area contributed by atoms with Crippen LogP contribution in [-0.2, 0) is 7.05 Å². The molecule has 1 aliphatic carbocycles. The maximum absolute atomic E-state index is 13.0. The van der Waals surface area contributed by atoms with E-state index < -0.39 is 0 Å². The highest BCUT2D eigenvalue weighted by atomic mass is 16.1. The largest absolute Gasteiger partial charge is 0.354 e. The molecule has 1 saturated heterocycles. The molecule has 2 fully saturated rings. The molecule has 1 amide bonds. The average molecular weight is 455 g/mol. The molecule has 34 heavy (non-hydrogen) atoms. The molecule has 9 nitrogen and oxygen atoms in total. The van der Waals surface area contributed by atoms with Crippen LogP contribution in [0.4, 0.5) is 11.6 Å². The average Bonchev–Trinajstić information content (AvgIpc) is 3.64. The summed E-state index contributed by atoms with van der Waals surface area (Å²) < 4.78 is 1.67. The van der Waals surface area contributed by atoms with E-state index in [9.17, 15) is 4.79 Å². The van der Waals surface area contributed by atoms with Crippen LogP contribution in [0.15, 0.2) is 55.0 Å². The van der Waals surface area contributed by atoms with Gasteiger partial charge in [-0.2, -0.15) is 0 Å². The number of fused-ring (bicyclic) bond motifs is 1. The first-order chi connectivity index (χ1) is 16.6. The van der Waals surface area contributed by atoms with Gasteiger partial charge in [0.1, 0.15) is 17.3 Å². The van der Waals surface area contributed by atoms with Crippen LogP contribution in [0.1, 0.15) is 23.2 Å². The number of amides is 1. The third-order valence-corrected chi connectivity index (χ3v) is 6.57. The van der Waals surface area contributed by atoms with Crippen LogP contribution in [0, 0.1) is 0 Å². The zero-order chi connectivity index (χ0) is 23.1. The lowest BCUT2D eigenvalue weighted by molar-refractivity contribution is 0.102. The number of piperazine rings is 1. The van der Waals surface area contributed by atoms with Gasteiger partial charge < -0.3 is 10.2 Å². The van der Waals surface area contributed by atoms with Crippen molar-refractivity contribution in [1.29, 1.82) is 0 Å². The SMILES string of the molecule is Cn1cc(-c2ccc3cnc(NC(=O)c4ccnc(N5CCN(C6CC6)CC5)c4)cc3c2)nn1. The Morgan fingerprint density at radius 1 is 1.00 bits per heavy atom. The van der Waals surface area contributed by atoms with Crippen LogP contribution >= 0.6 is 0 Å². The van der Waals surface area contributed by atoms with E-state index in [-0.39, 0.29) is 5.91 Å². The number of hydrogen-bond acceptors (Lipinski definition) is 7. The summed E-state index contributed by atoms with van der Waals surface area (Å²) >= 11 is 0. The summed E-state index contributed by atoms with van der Waals surface area (Å²) in [5, 5.41) is 13.1. The molecule has 3 aromatic heterocycles. The number of pyridine rings is 2. The zero-order valence-corrected chi connectivity index (χ0v) is 19.1. The summed E-state index contributed by atoms with van der Waals surface area (Å²) in [5.74, 6) is 1.16. The molecule has 4 heterocycles. The van der Waals surface area contributed by atoms with Crippen molar-refractivity contribution < 1.29 is 4.79 Å². The topological polar surface area (TPSA) is 92.1 Å². The molecule has 172 valence electrons. The first-order valence-electron chi connectivity index (χ1n) is 11.7. The van der Waals surface area contributed by atoms with Gasteiger partial charge in [-0.25, -0.2) is 9.97 Å². The Balaban J connectivity index is 1.18. The van der Waals surface area contributed by atoms with E-state index in [0.717, 1.165) is 60.1 Å². The fourth-order valence-corrected chi connectivity index (χ4v) is 4.53. The van der Waals surface area contributed by atoms with Gasteiger partial charge in [-0.3, -0.25) is 14.4 Å². The maximum atomic E-state index is 13.0. The minimum atomic E-state index is -0.197. The molecule has 6 rings (SSSR count). The third-order valence-electron chi connectivity index (χ3n) is 6.57. The number of nitrogens with zero attached hydrogens (tertiary/aromatic N) is 7. The normalized spacial score (nSPS) is 16.7. The minimum Gasteiger partial charge on any atom is -0.354 e. The zero-order valence-electron chi connectivity index (χ0n) is 19.1. The van der Waals surface area contributed by atoms with Gasteiger partial charge >= 0.3 is 0 Å². The summed E-state index contributed by atoms with van der Waals surface area (Å²) in [5.41, 5.74) is 2.34. The van der Waals surface area contributed by atoms with Crippen LogP contribution in [0.3, 0.4) is 0 Å². The summed E-state index contributed by atoms with van der Waals surface area (Å²) in [4.78, 5) is 26.8. The van der Waals surface area contributed by atoms with Gasteiger partial charge in [0.05, 0.1) is 6.20 Å². The predicted octanol–water partition coefficient (Wildman–Crippen LogP) is 2.96. The van der Waals surface area contributed by atoms with Crippen molar-refractivity contribution >= 4 is 28.3 Å². The van der Waals surface area contributed by atoms with Crippen molar-refractivity contribution in [2.75, 3.05) is 36.4 Å². The quantitative estimate of drug-likeness (QED) is 0.496. The first kappa shape index (κ1) is 20.7. The lowest BCUT2D eigenvalue weighted by Crippen LogP contribution is -2.47. The smallest absolute Gasteiger partial charge is 0.257 e. The molecule has 0 spiro atoms. The maximum Gasteiger partial charge on any atom is 0.257 e. The number of carbonyl (C=O) groups excluding carboxylic acids is 1. The van der Waals surface area contributed by atoms with Crippen molar-refractivity contribution in [1.82, 2.24) is 29.9 Å². The number of aromatic nitrogens is 5. The molecule has 9 heteroatoms. The van der Waals surface area contributed by atoms with E-state index in [1.807, 2.05) is 43.6 Å². The fraction of sp³-hybridized carbons (Fsp3) is 0.320. The van der Waals surface area contributed by atoms with Gasteiger partial charge in [-0.15, -0.1) is 5.10 Å². The van der Waals surface area contributed by atoms with Gasteiger partial charge in [-0.1, -0.05) is 17.3 Å². The monoisotopic (exact) mass is 454 g/mol. The molecular formula is C25H26N8O. The molecule has 0 atom stereocenters. The van der Waals surface area contributed by atoms with Crippen LogP contribution in [0.25, 0.3) is 22.0 Å². The molecule has 0 bridgehead atoms. The number of benzene rings is 1. The number of aryl methyl sites for hydroxylation is 1. The van der Waals surface area contributed by atoms with E-state index in [0.29, 0.717) is 11.4 Å². The van der Waals surface area contributed by atoms with E-state index in [1.165, 1.54) is 12.8 Å². The van der Waals surface area contributed by atoms with Crippen LogP contribution < -0.4 is 10.2 Å². The first-order valence-corrected chi connectivity index (χ1v) is 11.7. The van der Waals surface area contributed by atoms with E-state index in [1.54, 1.807) is 23.1 Å². The lowest BCUT2D eigenvalue weighted by atomic mass is 10.1. The summed E-state index contributed by atoms with van der Waals surface area (Å²) in [6.45, 7) is 3.99. The highest BCUT2D eigenvalue weighted by molar-refractivity contribution is 6.05. The van der Waals surface area contributed by atoms with E-state index in [4.69, 9.17) is 0 Å². The molecule has 4 aromatic rings. The molecule has 2 aliphatic rings. The van der Waals surface area contributed by atoms with Crippen LogP contribution in [-0.4, -0.2) is 68.0 Å². The molecular weight excluding hydrogens is 428 g/mol. The van der Waals surface area contributed by atoms with Gasteiger partial charge in [0.2, 0.25) is 0 Å². The molecule has 0 radical (unpaired) electrons. The summed E-state index contributed by atoms with van der Waals surface area (Å²) in [6.07, 6.45) is 8.01. The van der Waals surface area contributed by atoms with E-state index >= 15 is 0 Å². The van der Waals surface area contributed by atoms with Gasteiger partial charge in [0.15, 0.2) is 0 Å². The Labute approximate surface area is 197 Å². The number of rotatable bonds is 5. The summed E-state index contributed by atoms with van der Waals surface area (Å²) in [6, 6.07) is 12.3. The Morgan fingerprint density at radius 3 is 2.62 bits per heavy atom. The van der Waals surface area contributed by atoms with Crippen LogP contribution in [0.2, 0.25) is 0 Å². The fourth-order valence-electron chi connectivity index (χ4n) is 4.53. The van der Waals surface area contributed by atoms with Crippen molar-refractivity contribution in [2.45, 2.75) is 18.9 Å². The van der Waals surface area contributed by atoms with Gasteiger partial charge in [-0.05, 0) is 42.5 Å². The Hall–Kier alpha value is -3.85. The number of nitrogens with one attached hydrogen (secondary N) is 1. The molecule has 1 aromatic carbocycles.